The van der Waals surface area contributed by atoms with Crippen molar-refractivity contribution < 1.29 is 13.2 Å². The number of hydrogen-bond donors (Lipinski definition) is 1. The van der Waals surface area contributed by atoms with E-state index in [1.807, 2.05) is 0 Å². The molecule has 1 N–H and O–H groups in total. The van der Waals surface area contributed by atoms with Gasteiger partial charge in [0.1, 0.15) is 9.84 Å². The molecule has 0 saturated heterocycles. The Morgan fingerprint density at radius 3 is 2.84 bits per heavy atom. The molecule has 104 valence electrons. The van der Waals surface area contributed by atoms with Gasteiger partial charge in [-0.3, -0.25) is 9.78 Å². The summed E-state index contributed by atoms with van der Waals surface area (Å²) >= 11 is 0. The Kier molecular flexibility index (Phi) is 4.19. The van der Waals surface area contributed by atoms with E-state index in [-0.39, 0.29) is 17.2 Å². The van der Waals surface area contributed by atoms with E-state index in [4.69, 9.17) is 0 Å². The van der Waals surface area contributed by atoms with Gasteiger partial charge < -0.3 is 5.32 Å². The van der Waals surface area contributed by atoms with Crippen molar-refractivity contribution in [2.45, 2.75) is 37.0 Å². The van der Waals surface area contributed by atoms with Gasteiger partial charge in [0.2, 0.25) is 0 Å². The van der Waals surface area contributed by atoms with Crippen LogP contribution in [0.25, 0.3) is 0 Å². The summed E-state index contributed by atoms with van der Waals surface area (Å²) in [7, 11) is -3.02. The fourth-order valence-electron chi connectivity index (χ4n) is 2.43. The SMILES string of the molecule is CS(=O)(=O)[C@@H]1CCC[C@H](NC(=O)c2cccnc2)C1. The number of pyridine rings is 1. The Morgan fingerprint density at radius 2 is 2.21 bits per heavy atom. The van der Waals surface area contributed by atoms with Gasteiger partial charge in [0.25, 0.3) is 5.91 Å². The molecule has 2 rings (SSSR count). The Bertz CT molecular complexity index is 542. The predicted octanol–water partition coefficient (Wildman–Crippen LogP) is 1.17. The van der Waals surface area contributed by atoms with Crippen molar-refractivity contribution in [1.29, 1.82) is 0 Å². The molecule has 1 heterocycles. The van der Waals surface area contributed by atoms with Gasteiger partial charge in [-0.25, -0.2) is 8.42 Å². The van der Waals surface area contributed by atoms with Crippen LogP contribution < -0.4 is 5.32 Å². The molecule has 5 nitrogen and oxygen atoms in total. The maximum atomic E-state index is 12.0. The van der Waals surface area contributed by atoms with E-state index in [0.29, 0.717) is 18.4 Å². The van der Waals surface area contributed by atoms with Crippen molar-refractivity contribution in [3.05, 3.63) is 30.1 Å². The lowest BCUT2D eigenvalue weighted by Gasteiger charge is -2.28. The first-order valence-electron chi connectivity index (χ1n) is 6.36. The summed E-state index contributed by atoms with van der Waals surface area (Å²) in [6.07, 6.45) is 7.24. The summed E-state index contributed by atoms with van der Waals surface area (Å²) in [5, 5.41) is 2.56. The van der Waals surface area contributed by atoms with E-state index in [9.17, 15) is 13.2 Å². The maximum Gasteiger partial charge on any atom is 0.253 e. The Labute approximate surface area is 113 Å². The van der Waals surface area contributed by atoms with Gasteiger partial charge >= 0.3 is 0 Å². The molecule has 2 atom stereocenters. The normalized spacial score (nSPS) is 23.8. The van der Waals surface area contributed by atoms with E-state index in [0.717, 1.165) is 12.8 Å². The highest BCUT2D eigenvalue weighted by molar-refractivity contribution is 7.91. The summed E-state index contributed by atoms with van der Waals surface area (Å²) in [6.45, 7) is 0. The smallest absolute Gasteiger partial charge is 0.253 e. The van der Waals surface area contributed by atoms with Gasteiger partial charge in [-0.15, -0.1) is 0 Å². The van der Waals surface area contributed by atoms with Gasteiger partial charge in [-0.05, 0) is 31.4 Å². The van der Waals surface area contributed by atoms with Gasteiger partial charge in [0, 0.05) is 24.7 Å². The Hall–Kier alpha value is -1.43. The molecule has 6 heteroatoms. The van der Waals surface area contributed by atoms with E-state index < -0.39 is 9.84 Å². The molecule has 0 unspecified atom stereocenters. The number of aromatic nitrogens is 1. The Balaban J connectivity index is 1.98. The number of carbonyl (C=O) groups excluding carboxylic acids is 1. The monoisotopic (exact) mass is 282 g/mol. The zero-order chi connectivity index (χ0) is 13.9. The van der Waals surface area contributed by atoms with Crippen LogP contribution in [0.15, 0.2) is 24.5 Å². The van der Waals surface area contributed by atoms with Crippen LogP contribution in [-0.2, 0) is 9.84 Å². The summed E-state index contributed by atoms with van der Waals surface area (Å²) in [6, 6.07) is 3.33. The molecule has 0 bridgehead atoms. The molecule has 1 fully saturated rings. The molecular weight excluding hydrogens is 264 g/mol. The first-order chi connectivity index (χ1) is 8.97. The molecule has 0 radical (unpaired) electrons. The van der Waals surface area contributed by atoms with Crippen LogP contribution in [0.1, 0.15) is 36.0 Å². The Morgan fingerprint density at radius 1 is 1.42 bits per heavy atom. The number of hydrogen-bond acceptors (Lipinski definition) is 4. The van der Waals surface area contributed by atoms with Crippen molar-refractivity contribution in [3.8, 4) is 0 Å². The van der Waals surface area contributed by atoms with Gasteiger partial charge in [-0.2, -0.15) is 0 Å². The molecule has 0 spiro atoms. The average Bonchev–Trinajstić information content (AvgIpc) is 2.39. The van der Waals surface area contributed by atoms with Gasteiger partial charge in [0.15, 0.2) is 0 Å². The summed E-state index contributed by atoms with van der Waals surface area (Å²) < 4.78 is 23.1. The number of carbonyl (C=O) groups is 1. The maximum absolute atomic E-state index is 12.0. The highest BCUT2D eigenvalue weighted by Gasteiger charge is 2.29. The lowest BCUT2D eigenvalue weighted by atomic mass is 9.95. The van der Waals surface area contributed by atoms with Crippen LogP contribution in [-0.4, -0.2) is 36.9 Å². The van der Waals surface area contributed by atoms with Crippen LogP contribution in [0.4, 0.5) is 0 Å². The van der Waals surface area contributed by atoms with Crippen molar-refractivity contribution in [2.24, 2.45) is 0 Å². The molecule has 1 aliphatic carbocycles. The highest BCUT2D eigenvalue weighted by atomic mass is 32.2. The lowest BCUT2D eigenvalue weighted by Crippen LogP contribution is -2.41. The molecule has 1 aliphatic rings. The topological polar surface area (TPSA) is 76.1 Å². The standard InChI is InChI=1S/C13H18N2O3S/c1-19(17,18)12-6-2-5-11(8-12)15-13(16)10-4-3-7-14-9-10/h3-4,7,9,11-12H,2,5-6,8H2,1H3,(H,15,16)/t11-,12+/m0/s1. The van der Waals surface area contributed by atoms with E-state index in [1.165, 1.54) is 12.5 Å². The third-order valence-corrected chi connectivity index (χ3v) is 5.13. The number of amides is 1. The minimum absolute atomic E-state index is 0.0684. The van der Waals surface area contributed by atoms with E-state index in [2.05, 4.69) is 10.3 Å². The predicted molar refractivity (Wildman–Crippen MR) is 72.6 cm³/mol. The minimum atomic E-state index is -3.02. The van der Waals surface area contributed by atoms with Gasteiger partial charge in [-0.1, -0.05) is 6.42 Å². The number of sulfone groups is 1. The largest absolute Gasteiger partial charge is 0.349 e. The van der Waals surface area contributed by atoms with Crippen LogP contribution >= 0.6 is 0 Å². The van der Waals surface area contributed by atoms with Gasteiger partial charge in [0.05, 0.1) is 10.8 Å². The molecule has 1 saturated carbocycles. The fourth-order valence-corrected chi connectivity index (χ4v) is 3.61. The third kappa shape index (κ3) is 3.76. The number of rotatable bonds is 3. The molecule has 19 heavy (non-hydrogen) atoms. The van der Waals surface area contributed by atoms with E-state index in [1.54, 1.807) is 18.3 Å². The van der Waals surface area contributed by atoms with Crippen molar-refractivity contribution in [3.63, 3.8) is 0 Å². The second kappa shape index (κ2) is 5.69. The molecule has 1 amide bonds. The second-order valence-corrected chi connectivity index (χ2v) is 7.36. The zero-order valence-electron chi connectivity index (χ0n) is 10.9. The number of nitrogens with one attached hydrogen (secondary N) is 1. The van der Waals surface area contributed by atoms with E-state index >= 15 is 0 Å². The van der Waals surface area contributed by atoms with Crippen LogP contribution in [0.3, 0.4) is 0 Å². The summed E-state index contributed by atoms with van der Waals surface area (Å²) in [5.74, 6) is -0.188. The minimum Gasteiger partial charge on any atom is -0.349 e. The second-order valence-electron chi connectivity index (χ2n) is 5.03. The quantitative estimate of drug-likeness (QED) is 0.903. The fraction of sp³-hybridized carbons (Fsp3) is 0.538. The average molecular weight is 282 g/mol. The third-order valence-electron chi connectivity index (χ3n) is 3.49. The van der Waals surface area contributed by atoms with Crippen molar-refractivity contribution in [1.82, 2.24) is 10.3 Å². The first kappa shape index (κ1) is 14.0. The lowest BCUT2D eigenvalue weighted by molar-refractivity contribution is 0.0927. The first-order valence-corrected chi connectivity index (χ1v) is 8.32. The zero-order valence-corrected chi connectivity index (χ0v) is 11.7. The van der Waals surface area contributed by atoms with Crippen LogP contribution in [0, 0.1) is 0 Å². The van der Waals surface area contributed by atoms with Crippen LogP contribution in [0.5, 0.6) is 0 Å². The molecule has 0 aromatic carbocycles. The number of nitrogens with zero attached hydrogens (tertiary/aromatic N) is 1. The van der Waals surface area contributed by atoms with Crippen molar-refractivity contribution in [2.75, 3.05) is 6.26 Å². The molecular formula is C13H18N2O3S. The molecule has 0 aliphatic heterocycles. The highest BCUT2D eigenvalue weighted by Crippen LogP contribution is 2.24. The molecule has 1 aromatic heterocycles. The van der Waals surface area contributed by atoms with Crippen molar-refractivity contribution >= 4 is 15.7 Å². The summed E-state index contributed by atoms with van der Waals surface area (Å²) in [5.41, 5.74) is 0.504. The van der Waals surface area contributed by atoms with Crippen LogP contribution in [0.2, 0.25) is 0 Å². The molecule has 1 aromatic rings. The summed E-state index contributed by atoms with van der Waals surface area (Å²) in [4.78, 5) is 15.9.